The summed E-state index contributed by atoms with van der Waals surface area (Å²) >= 11 is 0. The predicted octanol–water partition coefficient (Wildman–Crippen LogP) is -0.504. The summed E-state index contributed by atoms with van der Waals surface area (Å²) in [5.41, 5.74) is -0.946. The molecule has 21 heavy (non-hydrogen) atoms. The van der Waals surface area contributed by atoms with Crippen molar-refractivity contribution in [2.24, 2.45) is 12.5 Å². The topological polar surface area (TPSA) is 118 Å². The van der Waals surface area contributed by atoms with Crippen LogP contribution in [0.2, 0.25) is 0 Å². The summed E-state index contributed by atoms with van der Waals surface area (Å²) < 4.78 is 6.72. The van der Waals surface area contributed by atoms with Gasteiger partial charge in [0.1, 0.15) is 6.33 Å². The van der Waals surface area contributed by atoms with Crippen LogP contribution >= 0.6 is 0 Å². The van der Waals surface area contributed by atoms with Crippen LogP contribution in [0.15, 0.2) is 6.33 Å². The number of aryl methyl sites for hydroxylation is 1. The SMILES string of the molecule is Cn1cnc(CNC(=O)NCC2(C(=O)O)CCOCC2)n1. The van der Waals surface area contributed by atoms with E-state index in [1.165, 1.54) is 11.0 Å². The summed E-state index contributed by atoms with van der Waals surface area (Å²) in [4.78, 5) is 27.1. The van der Waals surface area contributed by atoms with Crippen molar-refractivity contribution in [2.45, 2.75) is 19.4 Å². The van der Waals surface area contributed by atoms with E-state index < -0.39 is 17.4 Å². The molecule has 1 fully saturated rings. The van der Waals surface area contributed by atoms with E-state index in [0.717, 1.165) is 0 Å². The van der Waals surface area contributed by atoms with Gasteiger partial charge in [-0.05, 0) is 12.8 Å². The average molecular weight is 297 g/mol. The summed E-state index contributed by atoms with van der Waals surface area (Å²) in [6.07, 6.45) is 2.32. The van der Waals surface area contributed by atoms with Crippen LogP contribution in [0.1, 0.15) is 18.7 Å². The summed E-state index contributed by atoms with van der Waals surface area (Å²) in [5, 5.41) is 18.6. The third kappa shape index (κ3) is 3.91. The van der Waals surface area contributed by atoms with Gasteiger partial charge in [0.15, 0.2) is 5.82 Å². The Morgan fingerprint density at radius 1 is 1.43 bits per heavy atom. The van der Waals surface area contributed by atoms with E-state index in [0.29, 0.717) is 31.9 Å². The van der Waals surface area contributed by atoms with E-state index in [9.17, 15) is 14.7 Å². The van der Waals surface area contributed by atoms with Crippen LogP contribution in [0.3, 0.4) is 0 Å². The Balaban J connectivity index is 1.80. The van der Waals surface area contributed by atoms with Gasteiger partial charge in [-0.2, -0.15) is 5.10 Å². The molecule has 1 aromatic heterocycles. The number of aromatic nitrogens is 3. The number of hydrogen-bond donors (Lipinski definition) is 3. The molecular weight excluding hydrogens is 278 g/mol. The van der Waals surface area contributed by atoms with Crippen LogP contribution < -0.4 is 10.6 Å². The zero-order valence-electron chi connectivity index (χ0n) is 11.8. The first-order chi connectivity index (χ1) is 10.0. The number of carboxylic acids is 1. The molecule has 2 heterocycles. The summed E-state index contributed by atoms with van der Waals surface area (Å²) in [7, 11) is 1.73. The highest BCUT2D eigenvalue weighted by atomic mass is 16.5. The van der Waals surface area contributed by atoms with Gasteiger partial charge in [0.05, 0.1) is 12.0 Å². The largest absolute Gasteiger partial charge is 0.481 e. The third-order valence-electron chi connectivity index (χ3n) is 3.55. The standard InChI is InChI=1S/C12H19N5O4/c1-17-8-15-9(16-17)6-13-11(20)14-7-12(10(18)19)2-4-21-5-3-12/h8H,2-7H2,1H3,(H,18,19)(H2,13,14,20). The fourth-order valence-corrected chi connectivity index (χ4v) is 2.16. The van der Waals surface area contributed by atoms with Crippen LogP contribution in [0.4, 0.5) is 4.79 Å². The Labute approximate surface area is 121 Å². The maximum atomic E-state index is 11.7. The van der Waals surface area contributed by atoms with E-state index in [1.54, 1.807) is 7.05 Å². The normalized spacial score (nSPS) is 17.2. The highest BCUT2D eigenvalue weighted by molar-refractivity contribution is 5.78. The number of carboxylic acid groups (broad SMARTS) is 1. The van der Waals surface area contributed by atoms with Crippen molar-refractivity contribution in [1.29, 1.82) is 0 Å². The van der Waals surface area contributed by atoms with Gasteiger partial charge >= 0.3 is 12.0 Å². The molecule has 0 saturated carbocycles. The zero-order chi connectivity index (χ0) is 15.3. The van der Waals surface area contributed by atoms with E-state index in [2.05, 4.69) is 20.7 Å². The Hall–Kier alpha value is -2.16. The first kappa shape index (κ1) is 15.2. The maximum Gasteiger partial charge on any atom is 0.315 e. The van der Waals surface area contributed by atoms with Gasteiger partial charge in [-0.15, -0.1) is 0 Å². The Bertz CT molecular complexity index is 510. The number of ether oxygens (including phenoxy) is 1. The van der Waals surface area contributed by atoms with E-state index in [1.807, 2.05) is 0 Å². The number of nitrogens with one attached hydrogen (secondary N) is 2. The van der Waals surface area contributed by atoms with Gasteiger partial charge in [-0.1, -0.05) is 0 Å². The molecule has 1 aliphatic rings. The van der Waals surface area contributed by atoms with Crippen molar-refractivity contribution in [3.63, 3.8) is 0 Å². The Morgan fingerprint density at radius 3 is 2.71 bits per heavy atom. The highest BCUT2D eigenvalue weighted by Gasteiger charge is 2.40. The van der Waals surface area contributed by atoms with Gasteiger partial charge < -0.3 is 20.5 Å². The molecule has 0 spiro atoms. The number of nitrogens with zero attached hydrogens (tertiary/aromatic N) is 3. The number of hydrogen-bond acceptors (Lipinski definition) is 5. The van der Waals surface area contributed by atoms with Crippen LogP contribution in [-0.4, -0.2) is 51.6 Å². The molecule has 1 aromatic rings. The van der Waals surface area contributed by atoms with E-state index in [4.69, 9.17) is 4.74 Å². The second-order valence-electron chi connectivity index (χ2n) is 5.07. The second kappa shape index (κ2) is 6.53. The van der Waals surface area contributed by atoms with Crippen LogP contribution in [0, 0.1) is 5.41 Å². The smallest absolute Gasteiger partial charge is 0.315 e. The lowest BCUT2D eigenvalue weighted by atomic mass is 9.80. The molecule has 9 nitrogen and oxygen atoms in total. The third-order valence-corrected chi connectivity index (χ3v) is 3.55. The second-order valence-corrected chi connectivity index (χ2v) is 5.07. The van der Waals surface area contributed by atoms with Gasteiger partial charge in [-0.3, -0.25) is 9.48 Å². The molecule has 1 saturated heterocycles. The maximum absolute atomic E-state index is 11.7. The Kier molecular flexibility index (Phi) is 4.73. The lowest BCUT2D eigenvalue weighted by molar-refractivity contribution is -0.154. The van der Waals surface area contributed by atoms with Crippen molar-refractivity contribution in [1.82, 2.24) is 25.4 Å². The number of carbonyl (C=O) groups excluding carboxylic acids is 1. The first-order valence-electron chi connectivity index (χ1n) is 6.69. The van der Waals surface area contributed by atoms with Crippen LogP contribution in [0.25, 0.3) is 0 Å². The van der Waals surface area contributed by atoms with Gasteiger partial charge in [-0.25, -0.2) is 9.78 Å². The minimum atomic E-state index is -0.946. The minimum absolute atomic E-state index is 0.0766. The number of amides is 2. The van der Waals surface area contributed by atoms with Gasteiger partial charge in [0.25, 0.3) is 0 Å². The predicted molar refractivity (Wildman–Crippen MR) is 71.4 cm³/mol. The molecule has 0 aliphatic carbocycles. The molecule has 9 heteroatoms. The number of carbonyl (C=O) groups is 2. The molecule has 0 aromatic carbocycles. The van der Waals surface area contributed by atoms with Gasteiger partial charge in [0, 0.05) is 26.8 Å². The molecule has 0 bridgehead atoms. The highest BCUT2D eigenvalue weighted by Crippen LogP contribution is 2.29. The lowest BCUT2D eigenvalue weighted by Gasteiger charge is -2.33. The summed E-state index contributed by atoms with van der Waals surface area (Å²) in [5.74, 6) is -0.413. The minimum Gasteiger partial charge on any atom is -0.481 e. The molecule has 0 radical (unpaired) electrons. The van der Waals surface area contributed by atoms with Crippen molar-refractivity contribution >= 4 is 12.0 Å². The Morgan fingerprint density at radius 2 is 2.14 bits per heavy atom. The average Bonchev–Trinajstić information content (AvgIpc) is 2.89. The molecule has 116 valence electrons. The van der Waals surface area contributed by atoms with Crippen molar-refractivity contribution in [3.05, 3.63) is 12.2 Å². The fourth-order valence-electron chi connectivity index (χ4n) is 2.16. The van der Waals surface area contributed by atoms with Crippen molar-refractivity contribution in [2.75, 3.05) is 19.8 Å². The van der Waals surface area contributed by atoms with Crippen molar-refractivity contribution < 1.29 is 19.4 Å². The monoisotopic (exact) mass is 297 g/mol. The van der Waals surface area contributed by atoms with Crippen molar-refractivity contribution in [3.8, 4) is 0 Å². The summed E-state index contributed by atoms with van der Waals surface area (Å²) in [6.45, 7) is 1.06. The fraction of sp³-hybridized carbons (Fsp3) is 0.667. The molecule has 3 N–H and O–H groups in total. The number of aliphatic carboxylic acids is 1. The molecule has 0 atom stereocenters. The number of urea groups is 1. The quantitative estimate of drug-likeness (QED) is 0.674. The molecule has 1 aliphatic heterocycles. The summed E-state index contributed by atoms with van der Waals surface area (Å²) in [6, 6.07) is -0.436. The van der Waals surface area contributed by atoms with E-state index >= 15 is 0 Å². The molecule has 2 amide bonds. The molecular formula is C12H19N5O4. The molecule has 0 unspecified atom stereocenters. The van der Waals surface area contributed by atoms with E-state index in [-0.39, 0.29) is 13.1 Å². The van der Waals surface area contributed by atoms with Crippen LogP contribution in [-0.2, 0) is 23.1 Å². The lowest BCUT2D eigenvalue weighted by Crippen LogP contribution is -2.48. The van der Waals surface area contributed by atoms with Crippen LogP contribution in [0.5, 0.6) is 0 Å². The first-order valence-corrected chi connectivity index (χ1v) is 6.69. The van der Waals surface area contributed by atoms with Gasteiger partial charge in [0.2, 0.25) is 0 Å². The zero-order valence-corrected chi connectivity index (χ0v) is 11.8. The molecule has 2 rings (SSSR count). The number of rotatable bonds is 5.